The quantitative estimate of drug-likeness (QED) is 0.505. The minimum Gasteiger partial charge on any atom is -0.480 e. The lowest BCUT2D eigenvalue weighted by molar-refractivity contribution is -0.141. The number of fused-ring (bicyclic) bond motifs is 3. The molecule has 0 aromatic heterocycles. The topological polar surface area (TPSA) is 139 Å². The van der Waals surface area contributed by atoms with Crippen molar-refractivity contribution >= 4 is 27.8 Å². The number of aliphatic carboxylic acids is 1. The van der Waals surface area contributed by atoms with E-state index in [1.807, 2.05) is 48.5 Å². The zero-order valence-electron chi connectivity index (χ0n) is 18.3. The van der Waals surface area contributed by atoms with Crippen LogP contribution in [0.3, 0.4) is 0 Å². The van der Waals surface area contributed by atoms with Crippen LogP contribution >= 0.6 is 0 Å². The van der Waals surface area contributed by atoms with Gasteiger partial charge in [-0.2, -0.15) is 0 Å². The van der Waals surface area contributed by atoms with Gasteiger partial charge >= 0.3 is 12.1 Å². The van der Waals surface area contributed by atoms with Gasteiger partial charge in [0.1, 0.15) is 28.5 Å². The lowest BCUT2D eigenvalue weighted by Gasteiger charge is -2.20. The monoisotopic (exact) mass is 474 g/mol. The Kier molecular flexibility index (Phi) is 7.37. The summed E-state index contributed by atoms with van der Waals surface area (Å²) in [6, 6.07) is 13.2. The highest BCUT2D eigenvalue weighted by Gasteiger charge is 2.30. The summed E-state index contributed by atoms with van der Waals surface area (Å²) in [5.41, 5.74) is 4.17. The van der Waals surface area contributed by atoms with Crippen molar-refractivity contribution in [3.8, 4) is 11.1 Å². The van der Waals surface area contributed by atoms with Crippen molar-refractivity contribution in [1.29, 1.82) is 0 Å². The first kappa shape index (κ1) is 24.2. The molecular formula is C23H26N2O7S. The number of alkyl carbamates (subject to hydrolysis) is 1. The molecule has 0 fully saturated rings. The number of carbonyl (C=O) groups is 3. The first-order valence-corrected chi connectivity index (χ1v) is 12.5. The lowest BCUT2D eigenvalue weighted by atomic mass is 9.98. The summed E-state index contributed by atoms with van der Waals surface area (Å²) in [6.07, 6.45) is -0.107. The fourth-order valence-corrected chi connectivity index (χ4v) is 4.42. The van der Waals surface area contributed by atoms with Gasteiger partial charge in [-0.05, 0) is 35.6 Å². The van der Waals surface area contributed by atoms with E-state index in [4.69, 9.17) is 9.84 Å². The van der Waals surface area contributed by atoms with Gasteiger partial charge in [-0.25, -0.2) is 13.2 Å². The van der Waals surface area contributed by atoms with E-state index in [2.05, 4.69) is 10.6 Å². The Bertz CT molecular complexity index is 1120. The van der Waals surface area contributed by atoms with Crippen LogP contribution in [0.4, 0.5) is 4.79 Å². The van der Waals surface area contributed by atoms with Crippen LogP contribution in [-0.2, 0) is 24.2 Å². The van der Waals surface area contributed by atoms with E-state index in [0.717, 1.165) is 28.5 Å². The number of hydrogen-bond donors (Lipinski definition) is 3. The highest BCUT2D eigenvalue weighted by Crippen LogP contribution is 2.44. The second-order valence-corrected chi connectivity index (χ2v) is 10.3. The molecule has 2 aromatic rings. The van der Waals surface area contributed by atoms with Gasteiger partial charge in [0.15, 0.2) is 0 Å². The molecule has 0 saturated heterocycles. The highest BCUT2D eigenvalue weighted by atomic mass is 32.2. The van der Waals surface area contributed by atoms with Crippen LogP contribution in [0.5, 0.6) is 0 Å². The molecule has 0 aliphatic heterocycles. The summed E-state index contributed by atoms with van der Waals surface area (Å²) in [4.78, 5) is 36.0. The van der Waals surface area contributed by atoms with E-state index in [0.29, 0.717) is 0 Å². The van der Waals surface area contributed by atoms with E-state index in [1.54, 1.807) is 0 Å². The van der Waals surface area contributed by atoms with Crippen LogP contribution in [0.2, 0.25) is 0 Å². The number of benzene rings is 2. The third-order valence-electron chi connectivity index (χ3n) is 5.46. The Morgan fingerprint density at radius 1 is 1.00 bits per heavy atom. The van der Waals surface area contributed by atoms with Gasteiger partial charge < -0.3 is 20.5 Å². The second-order valence-electron chi connectivity index (χ2n) is 8.01. The fraction of sp³-hybridized carbons (Fsp3) is 0.348. The molecule has 176 valence electrons. The van der Waals surface area contributed by atoms with Crippen molar-refractivity contribution in [2.75, 3.05) is 18.6 Å². The van der Waals surface area contributed by atoms with E-state index >= 15 is 0 Å². The van der Waals surface area contributed by atoms with Crippen molar-refractivity contribution in [3.05, 3.63) is 59.7 Å². The molecule has 1 aliphatic carbocycles. The zero-order chi connectivity index (χ0) is 24.2. The lowest BCUT2D eigenvalue weighted by Crippen LogP contribution is -2.51. The third kappa shape index (κ3) is 6.10. The Morgan fingerprint density at radius 2 is 1.55 bits per heavy atom. The molecule has 33 heavy (non-hydrogen) atoms. The molecule has 0 heterocycles. The maximum Gasteiger partial charge on any atom is 0.407 e. The fourth-order valence-electron chi connectivity index (χ4n) is 3.76. The van der Waals surface area contributed by atoms with Crippen molar-refractivity contribution in [2.45, 2.75) is 31.3 Å². The SMILES string of the molecule is C[C@@H](NC(=O)C(CCS(C)(=O)=O)NC(=O)OCC1c2ccccc2-c2ccccc21)C(=O)O. The molecule has 2 amide bonds. The molecule has 2 aromatic carbocycles. The number of carbonyl (C=O) groups excluding carboxylic acids is 2. The zero-order valence-corrected chi connectivity index (χ0v) is 19.1. The smallest absolute Gasteiger partial charge is 0.407 e. The van der Waals surface area contributed by atoms with E-state index in [9.17, 15) is 22.8 Å². The number of carboxylic acid groups (broad SMARTS) is 1. The molecule has 3 N–H and O–H groups in total. The van der Waals surface area contributed by atoms with Gasteiger partial charge in [-0.1, -0.05) is 48.5 Å². The number of ether oxygens (including phenoxy) is 1. The molecule has 0 saturated carbocycles. The maximum atomic E-state index is 12.5. The van der Waals surface area contributed by atoms with E-state index in [-0.39, 0.29) is 24.7 Å². The molecule has 1 unspecified atom stereocenters. The highest BCUT2D eigenvalue weighted by molar-refractivity contribution is 7.90. The van der Waals surface area contributed by atoms with Crippen LogP contribution in [0.25, 0.3) is 11.1 Å². The van der Waals surface area contributed by atoms with Gasteiger partial charge in [0.05, 0.1) is 5.75 Å². The van der Waals surface area contributed by atoms with Crippen molar-refractivity contribution in [1.82, 2.24) is 10.6 Å². The molecule has 10 heteroatoms. The second kappa shape index (κ2) is 10.0. The number of nitrogens with one attached hydrogen (secondary N) is 2. The third-order valence-corrected chi connectivity index (χ3v) is 6.44. The van der Waals surface area contributed by atoms with Crippen molar-refractivity contribution < 1.29 is 32.6 Å². The standard InChI is InChI=1S/C23H26N2O7S/c1-14(22(27)28)24-21(26)20(11-12-33(2,30)31)25-23(29)32-13-19-17-9-5-3-7-15(17)16-8-4-6-10-18(16)19/h3-10,14,19-20H,11-13H2,1-2H3,(H,24,26)(H,25,29)(H,27,28)/t14-,20?/m1/s1. The first-order valence-electron chi connectivity index (χ1n) is 10.4. The Labute approximate surface area is 192 Å². The minimum absolute atomic E-state index is 0.0196. The molecular weight excluding hydrogens is 448 g/mol. The van der Waals surface area contributed by atoms with Gasteiger partial charge in [0, 0.05) is 12.2 Å². The van der Waals surface area contributed by atoms with Gasteiger partial charge in [-0.15, -0.1) is 0 Å². The number of amides is 2. The number of carboxylic acids is 1. The average Bonchev–Trinajstić information content (AvgIpc) is 3.08. The molecule has 0 radical (unpaired) electrons. The molecule has 0 bridgehead atoms. The normalized spacial score (nSPS) is 14.5. The van der Waals surface area contributed by atoms with Crippen LogP contribution < -0.4 is 10.6 Å². The van der Waals surface area contributed by atoms with Crippen LogP contribution in [0.1, 0.15) is 30.4 Å². The Morgan fingerprint density at radius 3 is 2.06 bits per heavy atom. The van der Waals surface area contributed by atoms with Crippen LogP contribution in [-0.4, -0.2) is 62.2 Å². The van der Waals surface area contributed by atoms with Gasteiger partial charge in [0.2, 0.25) is 5.91 Å². The predicted molar refractivity (Wildman–Crippen MR) is 122 cm³/mol. The summed E-state index contributed by atoms with van der Waals surface area (Å²) in [6.45, 7) is 1.28. The Balaban J connectivity index is 1.68. The largest absolute Gasteiger partial charge is 0.480 e. The summed E-state index contributed by atoms with van der Waals surface area (Å²) < 4.78 is 28.5. The first-order chi connectivity index (χ1) is 15.6. The number of sulfone groups is 1. The van der Waals surface area contributed by atoms with E-state index in [1.165, 1.54) is 6.92 Å². The number of rotatable bonds is 9. The maximum absolute atomic E-state index is 12.5. The number of hydrogen-bond acceptors (Lipinski definition) is 6. The molecule has 2 atom stereocenters. The van der Waals surface area contributed by atoms with Crippen LogP contribution in [0, 0.1) is 0 Å². The molecule has 3 rings (SSSR count). The average molecular weight is 475 g/mol. The molecule has 1 aliphatic rings. The van der Waals surface area contributed by atoms with Crippen LogP contribution in [0.15, 0.2) is 48.5 Å². The van der Waals surface area contributed by atoms with E-state index < -0.39 is 39.9 Å². The summed E-state index contributed by atoms with van der Waals surface area (Å²) in [7, 11) is -3.41. The predicted octanol–water partition coefficient (Wildman–Crippen LogP) is 1.92. The summed E-state index contributed by atoms with van der Waals surface area (Å²) in [5.74, 6) is -2.61. The van der Waals surface area contributed by atoms with Gasteiger partial charge in [0.25, 0.3) is 0 Å². The van der Waals surface area contributed by atoms with Gasteiger partial charge in [-0.3, -0.25) is 9.59 Å². The molecule has 0 spiro atoms. The van der Waals surface area contributed by atoms with Crippen molar-refractivity contribution in [2.24, 2.45) is 0 Å². The molecule has 9 nitrogen and oxygen atoms in total. The Hall–Kier alpha value is -3.40. The van der Waals surface area contributed by atoms with Crippen molar-refractivity contribution in [3.63, 3.8) is 0 Å². The summed E-state index contributed by atoms with van der Waals surface area (Å²) in [5, 5.41) is 13.6. The minimum atomic E-state index is -3.41. The summed E-state index contributed by atoms with van der Waals surface area (Å²) >= 11 is 0.